The van der Waals surface area contributed by atoms with Crippen LogP contribution in [0.25, 0.3) is 0 Å². The van der Waals surface area contributed by atoms with E-state index in [4.69, 9.17) is 23.2 Å². The number of alkyl halides is 3. The van der Waals surface area contributed by atoms with Crippen molar-refractivity contribution in [2.75, 3.05) is 5.32 Å². The van der Waals surface area contributed by atoms with Gasteiger partial charge in [0.15, 0.2) is 0 Å². The molecule has 0 radical (unpaired) electrons. The van der Waals surface area contributed by atoms with Crippen molar-refractivity contribution in [3.8, 4) is 0 Å². The summed E-state index contributed by atoms with van der Waals surface area (Å²) >= 11 is 12.0. The van der Waals surface area contributed by atoms with Crippen LogP contribution in [0.4, 0.5) is 18.9 Å². The largest absolute Gasteiger partial charge is 0.481 e. The minimum Gasteiger partial charge on any atom is -0.481 e. The van der Waals surface area contributed by atoms with E-state index in [-0.39, 0.29) is 22.7 Å². The Kier molecular flexibility index (Phi) is 9.61. The Morgan fingerprint density at radius 3 is 2.27 bits per heavy atom. The number of amides is 1. The predicted molar refractivity (Wildman–Crippen MR) is 124 cm³/mol. The number of carboxylic acids is 1. The highest BCUT2D eigenvalue weighted by atomic mass is 35.5. The van der Waals surface area contributed by atoms with E-state index in [1.165, 1.54) is 36.4 Å². The van der Waals surface area contributed by atoms with Crippen LogP contribution in [-0.4, -0.2) is 23.2 Å². The van der Waals surface area contributed by atoms with Gasteiger partial charge in [0.2, 0.25) is 5.91 Å². The number of unbranched alkanes of at least 4 members (excludes halogenated alkanes) is 1. The smallest absolute Gasteiger partial charge is 0.392 e. The fourth-order valence-electron chi connectivity index (χ4n) is 3.58. The van der Waals surface area contributed by atoms with Gasteiger partial charge in [0, 0.05) is 5.02 Å². The zero-order valence-corrected chi connectivity index (χ0v) is 19.8. The number of hydrogen-bond acceptors (Lipinski definition) is 2. The van der Waals surface area contributed by atoms with Gasteiger partial charge in [-0.25, -0.2) is 0 Å². The van der Waals surface area contributed by atoms with E-state index in [0.717, 1.165) is 19.8 Å². The van der Waals surface area contributed by atoms with Gasteiger partial charge in [-0.2, -0.15) is 13.2 Å². The van der Waals surface area contributed by atoms with Crippen molar-refractivity contribution in [1.29, 1.82) is 0 Å². The summed E-state index contributed by atoms with van der Waals surface area (Å²) < 4.78 is 40.6. The fourth-order valence-corrected chi connectivity index (χ4v) is 3.87. The number of hydrogen-bond donors (Lipinski definition) is 2. The van der Waals surface area contributed by atoms with Crippen LogP contribution in [0.1, 0.15) is 50.2 Å². The molecule has 0 unspecified atom stereocenters. The van der Waals surface area contributed by atoms with E-state index < -0.39 is 35.8 Å². The predicted octanol–water partition coefficient (Wildman–Crippen LogP) is 7.35. The maximum absolute atomic E-state index is 13.5. The molecule has 0 bridgehead atoms. The molecule has 0 spiro atoms. The summed E-state index contributed by atoms with van der Waals surface area (Å²) in [4.78, 5) is 24.6. The lowest BCUT2D eigenvalue weighted by Gasteiger charge is -2.26. The molecule has 0 saturated heterocycles. The molecule has 0 aromatic heterocycles. The van der Waals surface area contributed by atoms with E-state index in [2.05, 4.69) is 5.32 Å². The highest BCUT2D eigenvalue weighted by Crippen LogP contribution is 2.39. The molecule has 2 aromatic carbocycles. The molecule has 0 heterocycles. The standard InChI is InChI=1S/C24H26Cl2F3NO3/c1-3-4-5-17(23(32)33)12-15-6-11-19(26)20(13-15)30-22(31)21(14(2)24(27,28)29)16-7-9-18(25)10-8-16/h6-11,13-14,17,21H,3-5,12H2,1-2H3,(H,30,31)(H,32,33)/t14-,17-,21+/m1/s1. The average Bonchev–Trinajstić information content (AvgIpc) is 2.74. The molecule has 180 valence electrons. The van der Waals surface area contributed by atoms with E-state index in [1.54, 1.807) is 6.07 Å². The number of carbonyl (C=O) groups is 2. The Morgan fingerprint density at radius 1 is 1.09 bits per heavy atom. The Bertz CT molecular complexity index is 964. The zero-order chi connectivity index (χ0) is 24.8. The second kappa shape index (κ2) is 11.7. The maximum atomic E-state index is 13.5. The Balaban J connectivity index is 2.32. The van der Waals surface area contributed by atoms with Gasteiger partial charge in [-0.05, 0) is 48.2 Å². The van der Waals surface area contributed by atoms with Crippen LogP contribution in [-0.2, 0) is 16.0 Å². The van der Waals surface area contributed by atoms with Crippen LogP contribution < -0.4 is 5.32 Å². The van der Waals surface area contributed by atoms with Crippen molar-refractivity contribution < 1.29 is 27.9 Å². The molecule has 2 aromatic rings. The van der Waals surface area contributed by atoms with Gasteiger partial charge in [-0.15, -0.1) is 0 Å². The van der Waals surface area contributed by atoms with Crippen LogP contribution in [0.5, 0.6) is 0 Å². The Morgan fingerprint density at radius 2 is 1.73 bits per heavy atom. The molecule has 33 heavy (non-hydrogen) atoms. The molecule has 2 rings (SSSR count). The van der Waals surface area contributed by atoms with Gasteiger partial charge < -0.3 is 10.4 Å². The third kappa shape index (κ3) is 7.64. The second-order valence-corrected chi connectivity index (χ2v) is 8.89. The SMILES string of the molecule is CCCC[C@H](Cc1ccc(Cl)c(NC(=O)[C@H](c2ccc(Cl)cc2)[C@@H](C)C(F)(F)F)c1)C(=O)O. The lowest BCUT2D eigenvalue weighted by atomic mass is 9.85. The number of carbonyl (C=O) groups excluding carboxylic acids is 1. The van der Waals surface area contributed by atoms with Crippen molar-refractivity contribution in [3.63, 3.8) is 0 Å². The van der Waals surface area contributed by atoms with E-state index >= 15 is 0 Å². The summed E-state index contributed by atoms with van der Waals surface area (Å²) in [6.07, 6.45) is -2.28. The normalized spacial score (nSPS) is 14.4. The van der Waals surface area contributed by atoms with Gasteiger partial charge >= 0.3 is 12.1 Å². The van der Waals surface area contributed by atoms with Crippen LogP contribution in [0, 0.1) is 11.8 Å². The first kappa shape index (κ1) is 27.0. The quantitative estimate of drug-likeness (QED) is 0.356. The third-order valence-electron chi connectivity index (χ3n) is 5.55. The topological polar surface area (TPSA) is 66.4 Å². The summed E-state index contributed by atoms with van der Waals surface area (Å²) in [6, 6.07) is 10.3. The van der Waals surface area contributed by atoms with Gasteiger partial charge in [-0.3, -0.25) is 9.59 Å². The molecule has 2 N–H and O–H groups in total. The first-order valence-electron chi connectivity index (χ1n) is 10.6. The number of anilines is 1. The Labute approximate surface area is 201 Å². The molecule has 9 heteroatoms. The number of aliphatic carboxylic acids is 1. The molecular formula is C24H26Cl2F3NO3. The molecule has 0 aliphatic heterocycles. The molecule has 0 saturated carbocycles. The molecule has 0 fully saturated rings. The van der Waals surface area contributed by atoms with Crippen molar-refractivity contribution in [2.45, 2.75) is 51.6 Å². The third-order valence-corrected chi connectivity index (χ3v) is 6.14. The van der Waals surface area contributed by atoms with Gasteiger partial charge in [0.1, 0.15) is 0 Å². The number of nitrogens with one attached hydrogen (secondary N) is 1. The first-order chi connectivity index (χ1) is 15.4. The summed E-state index contributed by atoms with van der Waals surface area (Å²) in [5.74, 6) is -5.90. The zero-order valence-electron chi connectivity index (χ0n) is 18.3. The lowest BCUT2D eigenvalue weighted by Crippen LogP contribution is -2.34. The summed E-state index contributed by atoms with van der Waals surface area (Å²) in [5, 5.41) is 12.5. The van der Waals surface area contributed by atoms with Gasteiger partial charge in [0.25, 0.3) is 0 Å². The van der Waals surface area contributed by atoms with Crippen LogP contribution in [0.3, 0.4) is 0 Å². The van der Waals surface area contributed by atoms with Crippen LogP contribution in [0.15, 0.2) is 42.5 Å². The lowest BCUT2D eigenvalue weighted by molar-refractivity contribution is -0.178. The number of halogens is 5. The highest BCUT2D eigenvalue weighted by Gasteiger charge is 2.45. The van der Waals surface area contributed by atoms with Crippen molar-refractivity contribution >= 4 is 40.8 Å². The summed E-state index contributed by atoms with van der Waals surface area (Å²) in [6.45, 7) is 2.91. The van der Waals surface area contributed by atoms with E-state index in [9.17, 15) is 27.9 Å². The monoisotopic (exact) mass is 503 g/mol. The molecule has 3 atom stereocenters. The van der Waals surface area contributed by atoms with E-state index in [1.807, 2.05) is 6.92 Å². The number of carboxylic acid groups (broad SMARTS) is 1. The van der Waals surface area contributed by atoms with Crippen LogP contribution >= 0.6 is 23.2 Å². The highest BCUT2D eigenvalue weighted by molar-refractivity contribution is 6.33. The molecule has 0 aliphatic rings. The maximum Gasteiger partial charge on any atom is 0.392 e. The van der Waals surface area contributed by atoms with Crippen LogP contribution in [0.2, 0.25) is 10.0 Å². The average molecular weight is 504 g/mol. The summed E-state index contributed by atoms with van der Waals surface area (Å²) in [5.41, 5.74) is 0.914. The molecule has 1 amide bonds. The van der Waals surface area contributed by atoms with Gasteiger partial charge in [0.05, 0.1) is 28.5 Å². The summed E-state index contributed by atoms with van der Waals surface area (Å²) in [7, 11) is 0. The number of benzene rings is 2. The van der Waals surface area contributed by atoms with Crippen molar-refractivity contribution in [2.24, 2.45) is 11.8 Å². The van der Waals surface area contributed by atoms with E-state index in [0.29, 0.717) is 17.0 Å². The van der Waals surface area contributed by atoms with Crippen molar-refractivity contribution in [1.82, 2.24) is 0 Å². The molecular weight excluding hydrogens is 478 g/mol. The number of rotatable bonds is 10. The Hall–Kier alpha value is -2.25. The fraction of sp³-hybridized carbons (Fsp3) is 0.417. The van der Waals surface area contributed by atoms with Crippen molar-refractivity contribution in [3.05, 3.63) is 63.6 Å². The molecule has 4 nitrogen and oxygen atoms in total. The molecule has 0 aliphatic carbocycles. The second-order valence-electron chi connectivity index (χ2n) is 8.04. The first-order valence-corrected chi connectivity index (χ1v) is 11.3. The minimum absolute atomic E-state index is 0.132. The van der Waals surface area contributed by atoms with Gasteiger partial charge in [-0.1, -0.05) is 68.1 Å². The minimum atomic E-state index is -4.61.